The van der Waals surface area contributed by atoms with Crippen molar-refractivity contribution in [1.29, 1.82) is 0 Å². The van der Waals surface area contributed by atoms with Crippen LogP contribution < -0.4 is 4.90 Å². The number of nitrogens with zero attached hydrogens (tertiary/aromatic N) is 2. The monoisotopic (exact) mass is 240 g/mol. The third-order valence-electron chi connectivity index (χ3n) is 2.71. The molecular weight excluding hydrogens is 224 g/mol. The molecule has 0 aliphatic carbocycles. The van der Waals surface area contributed by atoms with Crippen LogP contribution in [0.2, 0.25) is 0 Å². The summed E-state index contributed by atoms with van der Waals surface area (Å²) in [5.41, 5.74) is 1.06. The number of ether oxygens (including phenoxy) is 1. The third-order valence-corrected chi connectivity index (χ3v) is 3.02. The average Bonchev–Trinajstić information content (AvgIpc) is 2.28. The van der Waals surface area contributed by atoms with Crippen molar-refractivity contribution in [3.8, 4) is 0 Å². The van der Waals surface area contributed by atoms with E-state index in [1.165, 1.54) is 0 Å². The zero-order valence-corrected chi connectivity index (χ0v) is 10.4. The van der Waals surface area contributed by atoms with Gasteiger partial charge in [-0.3, -0.25) is 0 Å². The highest BCUT2D eigenvalue weighted by molar-refractivity contribution is 6.17. The smallest absolute Gasteiger partial charge is 0.128 e. The van der Waals surface area contributed by atoms with Crippen LogP contribution in [-0.4, -0.2) is 30.3 Å². The normalized spacial score (nSPS) is 25.8. The molecule has 1 aliphatic heterocycles. The molecule has 1 aromatic heterocycles. The van der Waals surface area contributed by atoms with Gasteiger partial charge in [-0.25, -0.2) is 4.98 Å². The van der Waals surface area contributed by atoms with Crippen LogP contribution >= 0.6 is 11.6 Å². The fourth-order valence-electron chi connectivity index (χ4n) is 2.05. The maximum Gasteiger partial charge on any atom is 0.128 e. The number of aromatic nitrogens is 1. The van der Waals surface area contributed by atoms with Crippen molar-refractivity contribution in [1.82, 2.24) is 4.98 Å². The SMILES string of the molecule is C[C@@H]1CN(c2ccc(CCl)cn2)C[C@H](C)O1. The second kappa shape index (κ2) is 5.02. The van der Waals surface area contributed by atoms with Gasteiger partial charge < -0.3 is 9.64 Å². The van der Waals surface area contributed by atoms with E-state index in [9.17, 15) is 0 Å². The predicted octanol–water partition coefficient (Wildman–Crippen LogP) is 2.43. The molecular formula is C12H17ClN2O. The molecule has 0 radical (unpaired) electrons. The molecule has 2 rings (SSSR count). The first kappa shape index (κ1) is 11.7. The molecule has 16 heavy (non-hydrogen) atoms. The summed E-state index contributed by atoms with van der Waals surface area (Å²) in [5.74, 6) is 1.53. The highest BCUT2D eigenvalue weighted by Crippen LogP contribution is 2.18. The summed E-state index contributed by atoms with van der Waals surface area (Å²) in [5, 5.41) is 0. The van der Waals surface area contributed by atoms with Crippen LogP contribution in [0.4, 0.5) is 5.82 Å². The van der Waals surface area contributed by atoms with Crippen LogP contribution in [0.25, 0.3) is 0 Å². The van der Waals surface area contributed by atoms with Gasteiger partial charge in [-0.1, -0.05) is 6.07 Å². The van der Waals surface area contributed by atoms with E-state index in [1.54, 1.807) is 0 Å². The Kier molecular flexibility index (Phi) is 3.66. The molecule has 2 heterocycles. The zero-order chi connectivity index (χ0) is 11.5. The molecule has 4 heteroatoms. The van der Waals surface area contributed by atoms with E-state index in [-0.39, 0.29) is 12.2 Å². The van der Waals surface area contributed by atoms with Crippen molar-refractivity contribution >= 4 is 17.4 Å². The summed E-state index contributed by atoms with van der Waals surface area (Å²) in [6, 6.07) is 4.06. The van der Waals surface area contributed by atoms with Crippen LogP contribution in [0, 0.1) is 0 Å². The van der Waals surface area contributed by atoms with Gasteiger partial charge >= 0.3 is 0 Å². The second-order valence-electron chi connectivity index (χ2n) is 4.32. The highest BCUT2D eigenvalue weighted by atomic mass is 35.5. The summed E-state index contributed by atoms with van der Waals surface area (Å²) in [6.45, 7) is 5.99. The van der Waals surface area contributed by atoms with Gasteiger partial charge in [0.15, 0.2) is 0 Å². The largest absolute Gasteiger partial charge is 0.372 e. The van der Waals surface area contributed by atoms with E-state index >= 15 is 0 Å². The summed E-state index contributed by atoms with van der Waals surface area (Å²) in [6.07, 6.45) is 2.36. The van der Waals surface area contributed by atoms with Gasteiger partial charge in [0.2, 0.25) is 0 Å². The van der Waals surface area contributed by atoms with Crippen LogP contribution in [0.15, 0.2) is 18.3 Å². The molecule has 0 unspecified atom stereocenters. The Hall–Kier alpha value is -0.800. The van der Waals surface area contributed by atoms with Gasteiger partial charge in [-0.05, 0) is 25.5 Å². The molecule has 1 aromatic rings. The fourth-order valence-corrected chi connectivity index (χ4v) is 2.21. The van der Waals surface area contributed by atoms with Crippen molar-refractivity contribution in [3.63, 3.8) is 0 Å². The van der Waals surface area contributed by atoms with Crippen molar-refractivity contribution in [3.05, 3.63) is 23.9 Å². The lowest BCUT2D eigenvalue weighted by Crippen LogP contribution is -2.45. The Morgan fingerprint density at radius 2 is 2.06 bits per heavy atom. The Labute approximate surface area is 101 Å². The van der Waals surface area contributed by atoms with E-state index in [0.29, 0.717) is 5.88 Å². The topological polar surface area (TPSA) is 25.4 Å². The Balaban J connectivity index is 2.10. The van der Waals surface area contributed by atoms with Crippen molar-refractivity contribution in [2.75, 3.05) is 18.0 Å². The molecule has 2 atom stereocenters. The number of rotatable bonds is 2. The molecule has 0 amide bonds. The third kappa shape index (κ3) is 2.66. The number of hydrogen-bond donors (Lipinski definition) is 0. The van der Waals surface area contributed by atoms with Crippen LogP contribution in [0.1, 0.15) is 19.4 Å². The van der Waals surface area contributed by atoms with Crippen LogP contribution in [0.5, 0.6) is 0 Å². The molecule has 3 nitrogen and oxygen atoms in total. The Morgan fingerprint density at radius 1 is 1.38 bits per heavy atom. The number of alkyl halides is 1. The average molecular weight is 241 g/mol. The standard InChI is InChI=1S/C12H17ClN2O/c1-9-7-15(8-10(2)16-9)12-4-3-11(5-13)6-14-12/h3-4,6,9-10H,5,7-8H2,1-2H3/t9-,10+. The van der Waals surface area contributed by atoms with Gasteiger partial charge in [-0.2, -0.15) is 0 Å². The molecule has 0 bridgehead atoms. The highest BCUT2D eigenvalue weighted by Gasteiger charge is 2.22. The fraction of sp³-hybridized carbons (Fsp3) is 0.583. The minimum atomic E-state index is 0.262. The lowest BCUT2D eigenvalue weighted by molar-refractivity contribution is -0.00545. The summed E-state index contributed by atoms with van der Waals surface area (Å²) in [4.78, 5) is 6.69. The first-order chi connectivity index (χ1) is 7.69. The number of halogens is 1. The van der Waals surface area contributed by atoms with Gasteiger partial charge in [0.1, 0.15) is 5.82 Å². The molecule has 0 saturated carbocycles. The molecule has 1 saturated heterocycles. The quantitative estimate of drug-likeness (QED) is 0.743. The van der Waals surface area contributed by atoms with Crippen LogP contribution in [-0.2, 0) is 10.6 Å². The molecule has 0 spiro atoms. The first-order valence-corrected chi connectivity index (χ1v) is 6.14. The lowest BCUT2D eigenvalue weighted by atomic mass is 10.2. The summed E-state index contributed by atoms with van der Waals surface area (Å²) < 4.78 is 5.69. The second-order valence-corrected chi connectivity index (χ2v) is 4.59. The van der Waals surface area contributed by atoms with E-state index in [4.69, 9.17) is 16.3 Å². The maximum atomic E-state index is 5.74. The zero-order valence-electron chi connectivity index (χ0n) is 9.69. The number of hydrogen-bond acceptors (Lipinski definition) is 3. The van der Waals surface area contributed by atoms with E-state index in [0.717, 1.165) is 24.5 Å². The van der Waals surface area contributed by atoms with Crippen molar-refractivity contribution in [2.24, 2.45) is 0 Å². The minimum Gasteiger partial charge on any atom is -0.372 e. The number of anilines is 1. The van der Waals surface area contributed by atoms with E-state index in [2.05, 4.69) is 23.7 Å². The van der Waals surface area contributed by atoms with Crippen LogP contribution in [0.3, 0.4) is 0 Å². The van der Waals surface area contributed by atoms with Gasteiger partial charge in [0.05, 0.1) is 12.2 Å². The lowest BCUT2D eigenvalue weighted by Gasteiger charge is -2.36. The minimum absolute atomic E-state index is 0.262. The molecule has 88 valence electrons. The molecule has 1 fully saturated rings. The van der Waals surface area contributed by atoms with E-state index in [1.807, 2.05) is 18.3 Å². The maximum absolute atomic E-state index is 5.74. The first-order valence-electron chi connectivity index (χ1n) is 5.60. The van der Waals surface area contributed by atoms with Gasteiger partial charge in [0.25, 0.3) is 0 Å². The van der Waals surface area contributed by atoms with Crippen molar-refractivity contribution in [2.45, 2.75) is 31.9 Å². The van der Waals surface area contributed by atoms with Gasteiger partial charge in [0, 0.05) is 25.2 Å². The molecule has 0 N–H and O–H groups in total. The Bertz CT molecular complexity index is 331. The van der Waals surface area contributed by atoms with E-state index < -0.39 is 0 Å². The molecule has 1 aliphatic rings. The predicted molar refractivity (Wildman–Crippen MR) is 66.0 cm³/mol. The Morgan fingerprint density at radius 3 is 2.56 bits per heavy atom. The number of pyridine rings is 1. The summed E-state index contributed by atoms with van der Waals surface area (Å²) >= 11 is 5.74. The van der Waals surface area contributed by atoms with Crippen molar-refractivity contribution < 1.29 is 4.74 Å². The van der Waals surface area contributed by atoms with Gasteiger partial charge in [-0.15, -0.1) is 11.6 Å². The summed E-state index contributed by atoms with van der Waals surface area (Å²) in [7, 11) is 0. The number of morpholine rings is 1. The molecule has 0 aromatic carbocycles.